The maximum atomic E-state index is 12.9. The Labute approximate surface area is 108 Å². The Hall–Kier alpha value is -1.94. The summed E-state index contributed by atoms with van der Waals surface area (Å²) < 4.78 is 18.4. The van der Waals surface area contributed by atoms with Gasteiger partial charge in [-0.15, -0.1) is 0 Å². The van der Waals surface area contributed by atoms with E-state index in [1.807, 2.05) is 0 Å². The van der Waals surface area contributed by atoms with E-state index in [1.54, 1.807) is 12.1 Å². The van der Waals surface area contributed by atoms with Gasteiger partial charge in [-0.05, 0) is 24.3 Å². The molecule has 0 atom stereocenters. The Morgan fingerprint density at radius 2 is 2.00 bits per heavy atom. The normalized spacial score (nSPS) is 10.2. The first-order valence-corrected chi connectivity index (χ1v) is 5.54. The van der Waals surface area contributed by atoms with Gasteiger partial charge >= 0.3 is 0 Å². The smallest absolute Gasteiger partial charge is 0.178 e. The van der Waals surface area contributed by atoms with Crippen molar-refractivity contribution >= 4 is 17.4 Å². The van der Waals surface area contributed by atoms with E-state index in [9.17, 15) is 9.18 Å². The highest BCUT2D eigenvalue weighted by Gasteiger charge is 2.04. The predicted octanol–water partition coefficient (Wildman–Crippen LogP) is 3.87. The average molecular weight is 266 g/mol. The number of pyridine rings is 1. The number of hydrogen-bond acceptors (Lipinski definition) is 3. The van der Waals surface area contributed by atoms with E-state index >= 15 is 0 Å². The van der Waals surface area contributed by atoms with Gasteiger partial charge in [-0.3, -0.25) is 4.79 Å². The van der Waals surface area contributed by atoms with Crippen LogP contribution in [0.1, 0.15) is 17.4 Å². The largest absolute Gasteiger partial charge is 0.456 e. The van der Waals surface area contributed by atoms with Crippen LogP contribution in [0.5, 0.6) is 11.5 Å². The molecule has 2 rings (SSSR count). The third-order valence-corrected chi connectivity index (χ3v) is 2.51. The summed E-state index contributed by atoms with van der Waals surface area (Å²) in [5.41, 5.74) is 0.361. The first kappa shape index (κ1) is 12.5. The summed E-state index contributed by atoms with van der Waals surface area (Å²) in [4.78, 5) is 15.0. The van der Waals surface area contributed by atoms with Crippen molar-refractivity contribution in [2.75, 3.05) is 0 Å². The fourth-order valence-electron chi connectivity index (χ4n) is 1.33. The van der Waals surface area contributed by atoms with Crippen molar-refractivity contribution in [1.82, 2.24) is 4.98 Å². The van der Waals surface area contributed by atoms with Crippen LogP contribution in [0.15, 0.2) is 36.5 Å². The Balaban J connectivity index is 2.18. The SMILES string of the molecule is CC(=O)c1ccc(Oc2ccc(F)c(Cl)c2)cn1. The lowest BCUT2D eigenvalue weighted by Gasteiger charge is -2.06. The quantitative estimate of drug-likeness (QED) is 0.791. The molecule has 0 aliphatic heterocycles. The second kappa shape index (κ2) is 5.14. The van der Waals surface area contributed by atoms with Crippen LogP contribution < -0.4 is 4.74 Å². The van der Waals surface area contributed by atoms with Crippen LogP contribution in [0.2, 0.25) is 5.02 Å². The number of halogens is 2. The number of carbonyl (C=O) groups is 1. The van der Waals surface area contributed by atoms with Crippen LogP contribution >= 0.6 is 11.6 Å². The highest BCUT2D eigenvalue weighted by molar-refractivity contribution is 6.30. The maximum Gasteiger partial charge on any atom is 0.178 e. The minimum Gasteiger partial charge on any atom is -0.456 e. The van der Waals surface area contributed by atoms with Crippen molar-refractivity contribution in [3.05, 3.63) is 53.1 Å². The van der Waals surface area contributed by atoms with E-state index in [1.165, 1.54) is 31.3 Å². The number of hydrogen-bond donors (Lipinski definition) is 0. The molecule has 0 radical (unpaired) electrons. The lowest BCUT2D eigenvalue weighted by atomic mass is 10.3. The van der Waals surface area contributed by atoms with Crippen molar-refractivity contribution in [2.24, 2.45) is 0 Å². The predicted molar refractivity (Wildman–Crippen MR) is 65.7 cm³/mol. The molecule has 0 amide bonds. The first-order valence-electron chi connectivity index (χ1n) is 5.16. The third kappa shape index (κ3) is 2.84. The molecule has 0 aliphatic carbocycles. The topological polar surface area (TPSA) is 39.2 Å². The van der Waals surface area contributed by atoms with E-state index in [2.05, 4.69) is 4.98 Å². The molecule has 18 heavy (non-hydrogen) atoms. The molecule has 0 unspecified atom stereocenters. The van der Waals surface area contributed by atoms with Crippen LogP contribution in [0, 0.1) is 5.82 Å². The van der Waals surface area contributed by atoms with E-state index in [0.29, 0.717) is 17.2 Å². The van der Waals surface area contributed by atoms with Gasteiger partial charge in [0.25, 0.3) is 0 Å². The molecular formula is C13H9ClFNO2. The lowest BCUT2D eigenvalue weighted by molar-refractivity contribution is 0.101. The zero-order valence-electron chi connectivity index (χ0n) is 9.48. The average Bonchev–Trinajstić information content (AvgIpc) is 2.34. The van der Waals surface area contributed by atoms with Crippen LogP contribution in [-0.2, 0) is 0 Å². The van der Waals surface area contributed by atoms with E-state index < -0.39 is 5.82 Å². The van der Waals surface area contributed by atoms with Crippen molar-refractivity contribution in [2.45, 2.75) is 6.92 Å². The molecule has 0 fully saturated rings. The van der Waals surface area contributed by atoms with Gasteiger partial charge in [0.15, 0.2) is 5.78 Å². The van der Waals surface area contributed by atoms with Crippen molar-refractivity contribution in [3.63, 3.8) is 0 Å². The van der Waals surface area contributed by atoms with Gasteiger partial charge in [-0.2, -0.15) is 0 Å². The van der Waals surface area contributed by atoms with Crippen LogP contribution in [0.25, 0.3) is 0 Å². The summed E-state index contributed by atoms with van der Waals surface area (Å²) >= 11 is 5.63. The lowest BCUT2D eigenvalue weighted by Crippen LogP contribution is -1.96. The second-order valence-electron chi connectivity index (χ2n) is 3.61. The monoisotopic (exact) mass is 265 g/mol. The third-order valence-electron chi connectivity index (χ3n) is 2.22. The molecule has 0 saturated heterocycles. The van der Waals surface area contributed by atoms with Gasteiger partial charge < -0.3 is 4.74 Å². The Bertz CT molecular complexity index is 584. The Morgan fingerprint density at radius 1 is 1.28 bits per heavy atom. The van der Waals surface area contributed by atoms with E-state index in [0.717, 1.165) is 0 Å². The Kier molecular flexibility index (Phi) is 3.58. The number of benzene rings is 1. The van der Waals surface area contributed by atoms with Crippen LogP contribution in [0.3, 0.4) is 0 Å². The second-order valence-corrected chi connectivity index (χ2v) is 4.02. The number of ether oxygens (including phenoxy) is 1. The first-order chi connectivity index (χ1) is 8.56. The van der Waals surface area contributed by atoms with Gasteiger partial charge in [-0.25, -0.2) is 9.37 Å². The fourth-order valence-corrected chi connectivity index (χ4v) is 1.50. The molecule has 92 valence electrons. The number of rotatable bonds is 3. The van der Waals surface area contributed by atoms with Crippen molar-refractivity contribution < 1.29 is 13.9 Å². The molecule has 5 heteroatoms. The molecule has 0 aliphatic rings. The number of carbonyl (C=O) groups excluding carboxylic acids is 1. The molecule has 3 nitrogen and oxygen atoms in total. The summed E-state index contributed by atoms with van der Waals surface area (Å²) in [7, 11) is 0. The summed E-state index contributed by atoms with van der Waals surface area (Å²) in [5, 5.41) is -0.0131. The number of Topliss-reactive ketones (excluding diaryl/α,β-unsaturated/α-hetero) is 1. The number of ketones is 1. The molecule has 1 aromatic heterocycles. The highest BCUT2D eigenvalue weighted by atomic mass is 35.5. The zero-order valence-corrected chi connectivity index (χ0v) is 10.2. The van der Waals surface area contributed by atoms with Crippen LogP contribution in [-0.4, -0.2) is 10.8 Å². The van der Waals surface area contributed by atoms with E-state index in [-0.39, 0.29) is 10.8 Å². The van der Waals surface area contributed by atoms with Gasteiger partial charge in [0.1, 0.15) is 23.0 Å². The number of nitrogens with zero attached hydrogens (tertiary/aromatic N) is 1. The molecule has 0 bridgehead atoms. The Morgan fingerprint density at radius 3 is 2.56 bits per heavy atom. The maximum absolute atomic E-state index is 12.9. The summed E-state index contributed by atoms with van der Waals surface area (Å²) in [6.07, 6.45) is 1.42. The van der Waals surface area contributed by atoms with Crippen molar-refractivity contribution in [1.29, 1.82) is 0 Å². The summed E-state index contributed by atoms with van der Waals surface area (Å²) in [6, 6.07) is 7.22. The molecule has 0 N–H and O–H groups in total. The zero-order chi connectivity index (χ0) is 13.1. The molecule has 1 aromatic carbocycles. The van der Waals surface area contributed by atoms with Gasteiger partial charge in [0.2, 0.25) is 0 Å². The molecular weight excluding hydrogens is 257 g/mol. The molecule has 0 spiro atoms. The standard InChI is InChI=1S/C13H9ClFNO2/c1-8(17)13-5-3-10(7-16-13)18-9-2-4-12(15)11(14)6-9/h2-7H,1H3. The minimum absolute atomic E-state index is 0.0131. The van der Waals surface area contributed by atoms with Gasteiger partial charge in [0.05, 0.1) is 11.2 Å². The summed E-state index contributed by atoms with van der Waals surface area (Å²) in [5.74, 6) is 0.224. The van der Waals surface area contributed by atoms with Crippen LogP contribution in [0.4, 0.5) is 4.39 Å². The minimum atomic E-state index is -0.505. The van der Waals surface area contributed by atoms with Gasteiger partial charge in [-0.1, -0.05) is 11.6 Å². The molecule has 0 saturated carbocycles. The number of aromatic nitrogens is 1. The molecule has 1 heterocycles. The fraction of sp³-hybridized carbons (Fsp3) is 0.0769. The van der Waals surface area contributed by atoms with E-state index in [4.69, 9.17) is 16.3 Å². The molecule has 2 aromatic rings. The highest BCUT2D eigenvalue weighted by Crippen LogP contribution is 2.25. The van der Waals surface area contributed by atoms with Gasteiger partial charge in [0, 0.05) is 13.0 Å². The summed E-state index contributed by atoms with van der Waals surface area (Å²) in [6.45, 7) is 1.43. The van der Waals surface area contributed by atoms with Crippen molar-refractivity contribution in [3.8, 4) is 11.5 Å².